The molecule has 3 aromatic rings. The van der Waals surface area contributed by atoms with E-state index in [0.29, 0.717) is 55.1 Å². The average Bonchev–Trinajstić information content (AvgIpc) is 3.06. The molecule has 2 aromatic carbocycles. The monoisotopic (exact) mass is 433 g/mol. The van der Waals surface area contributed by atoms with Crippen LogP contribution in [0.15, 0.2) is 53.3 Å². The predicted octanol–water partition coefficient (Wildman–Crippen LogP) is 3.27. The molecule has 0 aliphatic heterocycles. The molecule has 1 heterocycles. The van der Waals surface area contributed by atoms with E-state index in [1.807, 2.05) is 42.5 Å². The number of hydrogen-bond acceptors (Lipinski definition) is 5. The number of rotatable bonds is 6. The Kier molecular flexibility index (Phi) is 6.54. The number of amides is 1. The van der Waals surface area contributed by atoms with Crippen LogP contribution in [0.25, 0.3) is 11.4 Å². The van der Waals surface area contributed by atoms with Gasteiger partial charge in [-0.2, -0.15) is 0 Å². The number of hydrogen-bond donors (Lipinski definition) is 2. The maximum atomic E-state index is 12.9. The first-order valence-corrected chi connectivity index (χ1v) is 10.7. The van der Waals surface area contributed by atoms with Crippen LogP contribution in [-0.4, -0.2) is 30.1 Å². The second-order valence-electron chi connectivity index (χ2n) is 7.88. The van der Waals surface area contributed by atoms with Crippen LogP contribution < -0.4 is 20.3 Å². The van der Waals surface area contributed by atoms with Crippen LogP contribution >= 0.6 is 0 Å². The summed E-state index contributed by atoms with van der Waals surface area (Å²) < 4.78 is 10.6. The molecule has 0 spiro atoms. The van der Waals surface area contributed by atoms with Gasteiger partial charge in [0.25, 0.3) is 5.56 Å². The lowest BCUT2D eigenvalue weighted by Gasteiger charge is -2.15. The summed E-state index contributed by atoms with van der Waals surface area (Å²) in [5.41, 5.74) is 3.12. The van der Waals surface area contributed by atoms with E-state index in [1.54, 1.807) is 20.3 Å². The second-order valence-corrected chi connectivity index (χ2v) is 7.88. The second kappa shape index (κ2) is 9.68. The van der Waals surface area contributed by atoms with Crippen LogP contribution in [-0.2, 0) is 24.2 Å². The van der Waals surface area contributed by atoms with Crippen molar-refractivity contribution in [3.05, 3.63) is 75.7 Å². The molecule has 1 aliphatic carbocycles. The zero-order chi connectivity index (χ0) is 22.5. The molecular weight excluding hydrogens is 406 g/mol. The summed E-state index contributed by atoms with van der Waals surface area (Å²) in [5.74, 6) is 1.75. The van der Waals surface area contributed by atoms with Crippen molar-refractivity contribution < 1.29 is 14.3 Å². The number of nitrogens with one attached hydrogen (secondary N) is 2. The predicted molar refractivity (Wildman–Crippen MR) is 122 cm³/mol. The third-order valence-corrected chi connectivity index (χ3v) is 5.94. The van der Waals surface area contributed by atoms with Gasteiger partial charge in [0.15, 0.2) is 0 Å². The lowest BCUT2D eigenvalue weighted by molar-refractivity contribution is -0.125. The summed E-state index contributed by atoms with van der Waals surface area (Å²) in [5, 5.41) is 3.02. The fraction of sp³-hybridized carbons (Fsp3) is 0.320. The van der Waals surface area contributed by atoms with Gasteiger partial charge in [0.05, 0.1) is 19.9 Å². The lowest BCUT2D eigenvalue weighted by Crippen LogP contribution is -2.30. The fourth-order valence-corrected chi connectivity index (χ4v) is 4.10. The molecule has 32 heavy (non-hydrogen) atoms. The van der Waals surface area contributed by atoms with E-state index in [0.717, 1.165) is 16.8 Å². The van der Waals surface area contributed by atoms with Crippen LogP contribution in [0.3, 0.4) is 0 Å². The number of carbonyl (C=O) groups is 1. The molecule has 0 fully saturated rings. The van der Waals surface area contributed by atoms with Crippen molar-refractivity contribution in [2.75, 3.05) is 14.2 Å². The van der Waals surface area contributed by atoms with Crippen LogP contribution in [0.5, 0.6) is 11.5 Å². The SMILES string of the molecule is COc1ccc(CNC(=O)C2CCc3nc(-c4ccccc4)[nH]c(=O)c3CC2)c(OC)c1. The fourth-order valence-electron chi connectivity index (χ4n) is 4.10. The van der Waals surface area contributed by atoms with E-state index in [4.69, 9.17) is 14.5 Å². The number of aryl methyl sites for hydroxylation is 1. The van der Waals surface area contributed by atoms with E-state index in [-0.39, 0.29) is 17.4 Å². The van der Waals surface area contributed by atoms with Crippen LogP contribution in [0, 0.1) is 5.92 Å². The zero-order valence-electron chi connectivity index (χ0n) is 18.3. The van der Waals surface area contributed by atoms with E-state index >= 15 is 0 Å². The highest BCUT2D eigenvalue weighted by Gasteiger charge is 2.25. The third kappa shape index (κ3) is 4.66. The maximum Gasteiger partial charge on any atom is 0.254 e. The summed E-state index contributed by atoms with van der Waals surface area (Å²) in [6, 6.07) is 15.1. The molecule has 4 rings (SSSR count). The highest BCUT2D eigenvalue weighted by atomic mass is 16.5. The Labute approximate surface area is 186 Å². The normalized spacial score (nSPS) is 15.4. The molecule has 1 amide bonds. The summed E-state index contributed by atoms with van der Waals surface area (Å²) in [6.45, 7) is 0.367. The number of H-pyrrole nitrogens is 1. The number of nitrogens with zero attached hydrogens (tertiary/aromatic N) is 1. The minimum atomic E-state index is -0.173. The van der Waals surface area contributed by atoms with Gasteiger partial charge in [0.1, 0.15) is 17.3 Å². The van der Waals surface area contributed by atoms with Crippen molar-refractivity contribution in [3.8, 4) is 22.9 Å². The van der Waals surface area contributed by atoms with Gasteiger partial charge in [-0.1, -0.05) is 30.3 Å². The number of aromatic nitrogens is 2. The minimum Gasteiger partial charge on any atom is -0.497 e. The van der Waals surface area contributed by atoms with Crippen LogP contribution in [0.1, 0.15) is 29.7 Å². The molecule has 7 nitrogen and oxygen atoms in total. The van der Waals surface area contributed by atoms with Gasteiger partial charge >= 0.3 is 0 Å². The minimum absolute atomic E-state index is 0.0182. The molecule has 0 saturated carbocycles. The van der Waals surface area contributed by atoms with E-state index in [2.05, 4.69) is 10.3 Å². The van der Waals surface area contributed by atoms with Gasteiger partial charge in [-0.15, -0.1) is 0 Å². The van der Waals surface area contributed by atoms with Gasteiger partial charge in [-0.25, -0.2) is 4.98 Å². The number of ether oxygens (including phenoxy) is 2. The molecule has 166 valence electrons. The van der Waals surface area contributed by atoms with Crippen molar-refractivity contribution in [1.29, 1.82) is 0 Å². The number of fused-ring (bicyclic) bond motifs is 1. The lowest BCUT2D eigenvalue weighted by atomic mass is 9.98. The molecule has 1 aromatic heterocycles. The van der Waals surface area contributed by atoms with E-state index in [9.17, 15) is 9.59 Å². The molecule has 2 N–H and O–H groups in total. The van der Waals surface area contributed by atoms with Crippen molar-refractivity contribution in [2.45, 2.75) is 32.2 Å². The summed E-state index contributed by atoms with van der Waals surface area (Å²) >= 11 is 0. The third-order valence-electron chi connectivity index (χ3n) is 5.94. The summed E-state index contributed by atoms with van der Waals surface area (Å²) in [7, 11) is 3.19. The molecule has 1 aliphatic rings. The molecular formula is C25H27N3O4. The van der Waals surface area contributed by atoms with E-state index < -0.39 is 0 Å². The van der Waals surface area contributed by atoms with Gasteiger partial charge in [-0.05, 0) is 37.8 Å². The Balaban J connectivity index is 1.44. The first-order chi connectivity index (χ1) is 15.6. The van der Waals surface area contributed by atoms with Crippen molar-refractivity contribution in [1.82, 2.24) is 15.3 Å². The van der Waals surface area contributed by atoms with Crippen LogP contribution in [0.2, 0.25) is 0 Å². The largest absolute Gasteiger partial charge is 0.497 e. The first-order valence-electron chi connectivity index (χ1n) is 10.7. The van der Waals surface area contributed by atoms with E-state index in [1.165, 1.54) is 0 Å². The Morgan fingerprint density at radius 3 is 2.62 bits per heavy atom. The average molecular weight is 434 g/mol. The quantitative estimate of drug-likeness (QED) is 0.582. The number of aromatic amines is 1. The number of methoxy groups -OCH3 is 2. The number of benzene rings is 2. The molecule has 1 atom stereocenters. The highest BCUT2D eigenvalue weighted by Crippen LogP contribution is 2.26. The summed E-state index contributed by atoms with van der Waals surface area (Å²) in [4.78, 5) is 33.2. The molecule has 0 bridgehead atoms. The maximum absolute atomic E-state index is 12.9. The Morgan fingerprint density at radius 1 is 1.09 bits per heavy atom. The van der Waals surface area contributed by atoms with Crippen molar-refractivity contribution in [2.24, 2.45) is 5.92 Å². The smallest absolute Gasteiger partial charge is 0.254 e. The van der Waals surface area contributed by atoms with Crippen molar-refractivity contribution in [3.63, 3.8) is 0 Å². The zero-order valence-corrected chi connectivity index (χ0v) is 18.3. The summed E-state index contributed by atoms with van der Waals surface area (Å²) in [6.07, 6.45) is 2.41. The molecule has 7 heteroatoms. The Bertz CT molecular complexity index is 1160. The highest BCUT2D eigenvalue weighted by molar-refractivity contribution is 5.78. The van der Waals surface area contributed by atoms with Gasteiger partial charge in [0, 0.05) is 35.2 Å². The molecule has 1 unspecified atom stereocenters. The van der Waals surface area contributed by atoms with Crippen LogP contribution in [0.4, 0.5) is 0 Å². The topological polar surface area (TPSA) is 93.3 Å². The molecule has 0 radical (unpaired) electrons. The Hall–Kier alpha value is -3.61. The standard InChI is InChI=1S/C25H27N3O4/c1-31-19-11-8-18(22(14-19)32-2)15-26-24(29)17-9-12-20-21(13-10-17)27-23(28-25(20)30)16-6-4-3-5-7-16/h3-8,11,14,17H,9-10,12-13,15H2,1-2H3,(H,26,29)(H,27,28,30). The van der Waals surface area contributed by atoms with Gasteiger partial charge in [0.2, 0.25) is 5.91 Å². The molecule has 0 saturated heterocycles. The first kappa shape index (κ1) is 21.6. The van der Waals surface area contributed by atoms with Gasteiger partial charge < -0.3 is 19.8 Å². The Morgan fingerprint density at radius 2 is 1.88 bits per heavy atom. The van der Waals surface area contributed by atoms with Crippen molar-refractivity contribution >= 4 is 5.91 Å². The number of carbonyl (C=O) groups excluding carboxylic acids is 1. The van der Waals surface area contributed by atoms with Gasteiger partial charge in [-0.3, -0.25) is 9.59 Å².